The maximum atomic E-state index is 13.2. The molecule has 0 radical (unpaired) electrons. The number of hydrogen-bond acceptors (Lipinski definition) is 5. The molecule has 1 aromatic rings. The van der Waals surface area contributed by atoms with E-state index in [1.54, 1.807) is 11.8 Å². The molecule has 2 heterocycles. The Balaban J connectivity index is 1.69. The van der Waals surface area contributed by atoms with Crippen LogP contribution in [0, 0.1) is 0 Å². The average Bonchev–Trinajstić information content (AvgIpc) is 2.82. The lowest BCUT2D eigenvalue weighted by atomic mass is 10.0. The molecule has 0 atom stereocenters. The van der Waals surface area contributed by atoms with Gasteiger partial charge in [0.05, 0.1) is 25.1 Å². The highest BCUT2D eigenvalue weighted by atomic mass is 19.4. The molecule has 2 saturated heterocycles. The molecular formula is C23H30F3N5O2. The lowest BCUT2D eigenvalue weighted by Crippen LogP contribution is -2.50. The third kappa shape index (κ3) is 6.35. The fourth-order valence-electron chi connectivity index (χ4n) is 4.10. The summed E-state index contributed by atoms with van der Waals surface area (Å²) >= 11 is 0. The molecule has 10 heteroatoms. The van der Waals surface area contributed by atoms with Crippen LogP contribution in [0.2, 0.25) is 0 Å². The molecule has 0 spiro atoms. The number of halogens is 3. The number of piperidine rings is 1. The van der Waals surface area contributed by atoms with Crippen LogP contribution in [0.3, 0.4) is 0 Å². The molecule has 7 nitrogen and oxygen atoms in total. The van der Waals surface area contributed by atoms with Crippen LogP contribution in [-0.2, 0) is 15.7 Å². The number of nitrogens with one attached hydrogen (secondary N) is 1. The third-order valence-corrected chi connectivity index (χ3v) is 6.01. The summed E-state index contributed by atoms with van der Waals surface area (Å²) in [5.74, 6) is -0.276. The number of morpholine rings is 1. The van der Waals surface area contributed by atoms with Crippen LogP contribution in [0.1, 0.15) is 25.3 Å². The van der Waals surface area contributed by atoms with Gasteiger partial charge in [0.2, 0.25) is 0 Å². The first-order valence-electron chi connectivity index (χ1n) is 10.9. The van der Waals surface area contributed by atoms with Gasteiger partial charge in [0, 0.05) is 49.2 Å². The second kappa shape index (κ2) is 10.8. The van der Waals surface area contributed by atoms with Crippen molar-refractivity contribution in [2.24, 2.45) is 10.7 Å². The number of benzene rings is 1. The average molecular weight is 466 g/mol. The molecule has 1 aromatic carbocycles. The highest BCUT2D eigenvalue weighted by Crippen LogP contribution is 2.31. The number of allylic oxidation sites excluding steroid dienone is 1. The number of alkyl halides is 3. The molecule has 0 saturated carbocycles. The summed E-state index contributed by atoms with van der Waals surface area (Å²) in [5.41, 5.74) is 5.72. The summed E-state index contributed by atoms with van der Waals surface area (Å²) in [6.45, 7) is 9.99. The number of hydrogen-bond donors (Lipinski definition) is 2. The molecule has 1 amide bonds. The lowest BCUT2D eigenvalue weighted by Gasteiger charge is -2.40. The highest BCUT2D eigenvalue weighted by molar-refractivity contribution is 5.96. The van der Waals surface area contributed by atoms with Gasteiger partial charge in [-0.15, -0.1) is 0 Å². The number of ether oxygens (including phenoxy) is 1. The van der Waals surface area contributed by atoms with Crippen LogP contribution >= 0.6 is 0 Å². The van der Waals surface area contributed by atoms with Crippen molar-refractivity contribution in [1.29, 1.82) is 0 Å². The topological polar surface area (TPSA) is 83.2 Å². The number of nitrogens with zero attached hydrogens (tertiary/aromatic N) is 3. The molecule has 0 aliphatic carbocycles. The van der Waals surface area contributed by atoms with Crippen LogP contribution in [0.5, 0.6) is 0 Å². The minimum absolute atomic E-state index is 0.117. The normalized spacial score (nSPS) is 19.5. The zero-order chi connectivity index (χ0) is 24.0. The number of anilines is 1. The van der Waals surface area contributed by atoms with Gasteiger partial charge in [-0.1, -0.05) is 12.6 Å². The zero-order valence-corrected chi connectivity index (χ0v) is 18.7. The Hall–Kier alpha value is -2.85. The van der Waals surface area contributed by atoms with E-state index in [-0.39, 0.29) is 23.0 Å². The summed E-state index contributed by atoms with van der Waals surface area (Å²) in [6, 6.07) is 5.20. The van der Waals surface area contributed by atoms with Crippen molar-refractivity contribution in [3.8, 4) is 0 Å². The number of rotatable bonds is 6. The number of nitrogens with two attached hydrogens (primary N) is 1. The van der Waals surface area contributed by atoms with Crippen molar-refractivity contribution >= 4 is 17.9 Å². The number of aliphatic imine (C=N–C) groups is 1. The van der Waals surface area contributed by atoms with Gasteiger partial charge in [-0.05, 0) is 38.0 Å². The summed E-state index contributed by atoms with van der Waals surface area (Å²) in [4.78, 5) is 21.4. The summed E-state index contributed by atoms with van der Waals surface area (Å²) in [5, 5.41) is 2.84. The van der Waals surface area contributed by atoms with Gasteiger partial charge in [0.1, 0.15) is 5.70 Å². The van der Waals surface area contributed by atoms with Crippen LogP contribution in [0.15, 0.2) is 52.8 Å². The SMILES string of the molecule is C=C(Nc1cccc(C(F)(F)F)c1)/C(C)=C(\N=C/N)C(=O)N1CCC(N2CCOCC2)CC1. The molecule has 180 valence electrons. The summed E-state index contributed by atoms with van der Waals surface area (Å²) < 4.78 is 44.4. The maximum absolute atomic E-state index is 13.2. The van der Waals surface area contributed by atoms with Crippen molar-refractivity contribution in [2.45, 2.75) is 32.0 Å². The fourth-order valence-corrected chi connectivity index (χ4v) is 4.10. The Labute approximate surface area is 191 Å². The van der Waals surface area contributed by atoms with Crippen molar-refractivity contribution in [3.05, 3.63) is 53.4 Å². The quantitative estimate of drug-likeness (QED) is 0.292. The van der Waals surface area contributed by atoms with Crippen LogP contribution in [-0.4, -0.2) is 67.5 Å². The van der Waals surface area contributed by atoms with E-state index in [4.69, 9.17) is 10.5 Å². The van der Waals surface area contributed by atoms with Gasteiger partial charge in [0.15, 0.2) is 0 Å². The minimum atomic E-state index is -4.46. The molecule has 0 unspecified atom stereocenters. The number of likely N-dealkylation sites (tertiary alicyclic amines) is 1. The third-order valence-electron chi connectivity index (χ3n) is 6.01. The van der Waals surface area contributed by atoms with Crippen molar-refractivity contribution in [3.63, 3.8) is 0 Å². The highest BCUT2D eigenvalue weighted by Gasteiger charge is 2.31. The van der Waals surface area contributed by atoms with Crippen molar-refractivity contribution in [1.82, 2.24) is 9.80 Å². The van der Waals surface area contributed by atoms with E-state index in [9.17, 15) is 18.0 Å². The van der Waals surface area contributed by atoms with E-state index in [1.807, 2.05) is 0 Å². The van der Waals surface area contributed by atoms with E-state index in [0.29, 0.717) is 24.7 Å². The predicted molar refractivity (Wildman–Crippen MR) is 122 cm³/mol. The molecule has 3 N–H and O–H groups in total. The van der Waals surface area contributed by atoms with Gasteiger partial charge in [0.25, 0.3) is 5.91 Å². The molecule has 2 aliphatic rings. The molecular weight excluding hydrogens is 435 g/mol. The van der Waals surface area contributed by atoms with Crippen LogP contribution in [0.25, 0.3) is 0 Å². The predicted octanol–water partition coefficient (Wildman–Crippen LogP) is 3.22. The molecule has 33 heavy (non-hydrogen) atoms. The Morgan fingerprint density at radius 1 is 1.24 bits per heavy atom. The van der Waals surface area contributed by atoms with Crippen molar-refractivity contribution < 1.29 is 22.7 Å². The number of amides is 1. The first-order chi connectivity index (χ1) is 15.7. The maximum Gasteiger partial charge on any atom is 0.416 e. The first kappa shape index (κ1) is 24.8. The van der Waals surface area contributed by atoms with Crippen molar-refractivity contribution in [2.75, 3.05) is 44.7 Å². The van der Waals surface area contributed by atoms with Gasteiger partial charge in [-0.3, -0.25) is 9.69 Å². The van der Waals surface area contributed by atoms with Gasteiger partial charge >= 0.3 is 6.18 Å². The second-order valence-corrected chi connectivity index (χ2v) is 8.11. The smallest absolute Gasteiger partial charge is 0.390 e. The Morgan fingerprint density at radius 3 is 2.52 bits per heavy atom. The minimum Gasteiger partial charge on any atom is -0.390 e. The fraction of sp³-hybridized carbons (Fsp3) is 0.478. The summed E-state index contributed by atoms with van der Waals surface area (Å²) in [7, 11) is 0. The Morgan fingerprint density at radius 2 is 1.91 bits per heavy atom. The van der Waals surface area contributed by atoms with Gasteiger partial charge in [-0.25, -0.2) is 4.99 Å². The lowest BCUT2D eigenvalue weighted by molar-refractivity contribution is -0.137. The summed E-state index contributed by atoms with van der Waals surface area (Å²) in [6.07, 6.45) is -1.71. The Bertz CT molecular complexity index is 915. The standard InChI is InChI=1S/C23H30F3N5O2/c1-16(17(2)29-19-5-3-4-18(14-19)23(24,25)26)21(28-15-27)22(32)31-8-6-20(7-9-31)30-10-12-33-13-11-30/h3-5,14-15,20,29H,2,6-13H2,1H3,(H2,27,28)/b21-16-. The van der Waals surface area contributed by atoms with E-state index >= 15 is 0 Å². The van der Waals surface area contributed by atoms with Crippen LogP contribution in [0.4, 0.5) is 18.9 Å². The number of carbonyl (C=O) groups excluding carboxylic acids is 1. The molecule has 0 bridgehead atoms. The van der Waals surface area contributed by atoms with Crippen LogP contribution < -0.4 is 11.1 Å². The monoisotopic (exact) mass is 465 g/mol. The first-order valence-corrected chi connectivity index (χ1v) is 10.9. The van der Waals surface area contributed by atoms with E-state index in [1.165, 1.54) is 12.1 Å². The molecule has 0 aromatic heterocycles. The second-order valence-electron chi connectivity index (χ2n) is 8.11. The van der Waals surface area contributed by atoms with Gasteiger partial charge < -0.3 is 20.7 Å². The number of carbonyl (C=O) groups is 1. The molecule has 2 aliphatic heterocycles. The molecule has 2 fully saturated rings. The Kier molecular flexibility index (Phi) is 8.15. The van der Waals surface area contributed by atoms with E-state index < -0.39 is 11.7 Å². The van der Waals surface area contributed by atoms with E-state index in [0.717, 1.165) is 57.6 Å². The van der Waals surface area contributed by atoms with E-state index in [2.05, 4.69) is 21.8 Å². The molecule has 3 rings (SSSR count). The van der Waals surface area contributed by atoms with Gasteiger partial charge in [-0.2, -0.15) is 13.2 Å². The largest absolute Gasteiger partial charge is 0.416 e. The zero-order valence-electron chi connectivity index (χ0n) is 18.7.